The second kappa shape index (κ2) is 8.05. The van der Waals surface area contributed by atoms with Crippen molar-refractivity contribution in [3.8, 4) is 11.5 Å². The number of hydrogen-bond acceptors (Lipinski definition) is 4. The minimum Gasteiger partial charge on any atom is -0.497 e. The minimum absolute atomic E-state index is 0.0233. The molecule has 2 aromatic carbocycles. The van der Waals surface area contributed by atoms with E-state index in [1.54, 1.807) is 26.5 Å². The van der Waals surface area contributed by atoms with E-state index in [1.807, 2.05) is 12.1 Å². The van der Waals surface area contributed by atoms with Crippen molar-refractivity contribution < 1.29 is 14.3 Å². The van der Waals surface area contributed by atoms with Crippen molar-refractivity contribution in [2.45, 2.75) is 38.5 Å². The molecule has 1 amide bonds. The van der Waals surface area contributed by atoms with Crippen molar-refractivity contribution in [1.29, 1.82) is 0 Å². The molecule has 1 saturated carbocycles. The van der Waals surface area contributed by atoms with Gasteiger partial charge in [-0.2, -0.15) is 5.10 Å². The van der Waals surface area contributed by atoms with Gasteiger partial charge in [-0.25, -0.2) is 5.43 Å². The van der Waals surface area contributed by atoms with Crippen LogP contribution in [0.1, 0.15) is 49.8 Å². The molecule has 0 radical (unpaired) electrons. The molecular formula is C23H28N2O3. The van der Waals surface area contributed by atoms with Crippen LogP contribution in [0, 0.1) is 5.92 Å². The number of hydrogen-bond donors (Lipinski definition) is 1. The smallest absolute Gasteiger partial charge is 0.243 e. The Labute approximate surface area is 166 Å². The number of ether oxygens (including phenoxy) is 2. The molecule has 1 aliphatic rings. The molecule has 0 spiro atoms. The predicted molar refractivity (Wildman–Crippen MR) is 111 cm³/mol. The van der Waals surface area contributed by atoms with Gasteiger partial charge in [0, 0.05) is 11.5 Å². The van der Waals surface area contributed by atoms with Gasteiger partial charge in [0.2, 0.25) is 5.91 Å². The maximum atomic E-state index is 12.4. The number of carbonyl (C=O) groups is 1. The lowest BCUT2D eigenvalue weighted by molar-refractivity contribution is -0.122. The first kappa shape index (κ1) is 19.9. The molecule has 0 saturated heterocycles. The van der Waals surface area contributed by atoms with Gasteiger partial charge in [-0.3, -0.25) is 4.79 Å². The van der Waals surface area contributed by atoms with Gasteiger partial charge >= 0.3 is 0 Å². The molecule has 0 aliphatic heterocycles. The molecule has 1 fully saturated rings. The molecule has 2 atom stereocenters. The summed E-state index contributed by atoms with van der Waals surface area (Å²) >= 11 is 0. The molecule has 5 nitrogen and oxygen atoms in total. The molecule has 0 bridgehead atoms. The molecule has 28 heavy (non-hydrogen) atoms. The van der Waals surface area contributed by atoms with E-state index in [1.165, 1.54) is 11.1 Å². The molecule has 0 unspecified atom stereocenters. The first-order valence-electron chi connectivity index (χ1n) is 9.49. The number of benzene rings is 2. The van der Waals surface area contributed by atoms with Crippen LogP contribution >= 0.6 is 0 Å². The number of methoxy groups -OCH3 is 2. The van der Waals surface area contributed by atoms with E-state index in [0.29, 0.717) is 11.5 Å². The zero-order valence-electron chi connectivity index (χ0n) is 17.2. The number of nitrogens with zero attached hydrogens (tertiary/aromatic N) is 1. The highest BCUT2D eigenvalue weighted by molar-refractivity contribution is 5.87. The van der Waals surface area contributed by atoms with E-state index < -0.39 is 0 Å². The van der Waals surface area contributed by atoms with E-state index in [0.717, 1.165) is 12.0 Å². The lowest BCUT2D eigenvalue weighted by atomic mass is 9.86. The van der Waals surface area contributed by atoms with Crippen LogP contribution in [0.3, 0.4) is 0 Å². The average Bonchev–Trinajstić information content (AvgIpc) is 3.48. The van der Waals surface area contributed by atoms with Crippen LogP contribution in [0.25, 0.3) is 0 Å². The van der Waals surface area contributed by atoms with Crippen LogP contribution in [0.15, 0.2) is 47.6 Å². The van der Waals surface area contributed by atoms with Crippen LogP contribution in [-0.4, -0.2) is 26.3 Å². The molecule has 0 heterocycles. The topological polar surface area (TPSA) is 59.9 Å². The van der Waals surface area contributed by atoms with Crippen molar-refractivity contribution in [3.63, 3.8) is 0 Å². The Morgan fingerprint density at radius 3 is 2.43 bits per heavy atom. The fourth-order valence-electron chi connectivity index (χ4n) is 3.27. The van der Waals surface area contributed by atoms with Crippen molar-refractivity contribution in [2.24, 2.45) is 11.0 Å². The van der Waals surface area contributed by atoms with Gasteiger partial charge < -0.3 is 9.47 Å². The lowest BCUT2D eigenvalue weighted by Gasteiger charge is -2.19. The highest BCUT2D eigenvalue weighted by Crippen LogP contribution is 2.47. The van der Waals surface area contributed by atoms with Crippen molar-refractivity contribution in [2.75, 3.05) is 14.2 Å². The highest BCUT2D eigenvalue weighted by Gasteiger charge is 2.44. The van der Waals surface area contributed by atoms with Crippen molar-refractivity contribution in [1.82, 2.24) is 5.43 Å². The van der Waals surface area contributed by atoms with Gasteiger partial charge in [0.1, 0.15) is 11.5 Å². The zero-order chi connectivity index (χ0) is 20.3. The van der Waals surface area contributed by atoms with Crippen LogP contribution in [0.4, 0.5) is 0 Å². The fraction of sp³-hybridized carbons (Fsp3) is 0.391. The zero-order valence-corrected chi connectivity index (χ0v) is 17.2. The first-order valence-corrected chi connectivity index (χ1v) is 9.49. The van der Waals surface area contributed by atoms with Crippen molar-refractivity contribution in [3.05, 3.63) is 59.2 Å². The van der Waals surface area contributed by atoms with E-state index in [-0.39, 0.29) is 23.2 Å². The minimum atomic E-state index is -0.0528. The summed E-state index contributed by atoms with van der Waals surface area (Å²) < 4.78 is 10.5. The SMILES string of the molecule is COc1ccc(OC)c(/C=N\NC(=O)[C@H]2C[C@@H]2c2ccc(C(C)(C)C)cc2)c1. The molecule has 148 valence electrons. The van der Waals surface area contributed by atoms with E-state index >= 15 is 0 Å². The Morgan fingerprint density at radius 2 is 1.82 bits per heavy atom. The summed E-state index contributed by atoms with van der Waals surface area (Å²) in [6.07, 6.45) is 2.44. The fourth-order valence-corrected chi connectivity index (χ4v) is 3.27. The molecule has 1 aliphatic carbocycles. The van der Waals surface area contributed by atoms with Gasteiger partial charge in [-0.15, -0.1) is 0 Å². The normalized spacial score (nSPS) is 18.8. The van der Waals surface area contributed by atoms with E-state index in [9.17, 15) is 4.79 Å². The Kier molecular flexibility index (Phi) is 5.73. The third kappa shape index (κ3) is 4.53. The summed E-state index contributed by atoms with van der Waals surface area (Å²) in [5, 5.41) is 4.10. The highest BCUT2D eigenvalue weighted by atomic mass is 16.5. The Balaban J connectivity index is 1.59. The maximum Gasteiger partial charge on any atom is 0.243 e. The summed E-state index contributed by atoms with van der Waals surface area (Å²) in [4.78, 5) is 12.4. The van der Waals surface area contributed by atoms with E-state index in [2.05, 4.69) is 55.6 Å². The lowest BCUT2D eigenvalue weighted by Crippen LogP contribution is -2.20. The summed E-state index contributed by atoms with van der Waals surface area (Å²) in [7, 11) is 3.20. The number of nitrogens with one attached hydrogen (secondary N) is 1. The second-order valence-corrected chi connectivity index (χ2v) is 8.16. The predicted octanol–water partition coefficient (Wildman–Crippen LogP) is 4.26. The molecule has 0 aromatic heterocycles. The Bertz CT molecular complexity index is 866. The second-order valence-electron chi connectivity index (χ2n) is 8.16. The number of rotatable bonds is 6. The molecule has 5 heteroatoms. The number of amides is 1. The molecule has 2 aromatic rings. The number of hydrazone groups is 1. The van der Waals surface area contributed by atoms with Gasteiger partial charge in [-0.05, 0) is 47.1 Å². The Morgan fingerprint density at radius 1 is 1.11 bits per heavy atom. The van der Waals surface area contributed by atoms with Gasteiger partial charge in [0.15, 0.2) is 0 Å². The summed E-state index contributed by atoms with van der Waals surface area (Å²) in [5.74, 6) is 1.57. The van der Waals surface area contributed by atoms with Gasteiger partial charge in [0.05, 0.1) is 20.4 Å². The summed E-state index contributed by atoms with van der Waals surface area (Å²) in [6.45, 7) is 6.60. The van der Waals surface area contributed by atoms with Crippen LogP contribution < -0.4 is 14.9 Å². The van der Waals surface area contributed by atoms with Crippen LogP contribution in [-0.2, 0) is 10.2 Å². The Hall–Kier alpha value is -2.82. The maximum absolute atomic E-state index is 12.4. The standard InChI is InChI=1S/C23H28N2O3/c1-23(2,3)17-8-6-15(7-9-17)19-13-20(19)22(26)25-24-14-16-12-18(27-4)10-11-21(16)28-5/h6-12,14,19-20H,13H2,1-5H3,(H,25,26)/b24-14-/t19-,20+/m1/s1. The third-order valence-electron chi connectivity index (χ3n) is 5.15. The van der Waals surface area contributed by atoms with E-state index in [4.69, 9.17) is 9.47 Å². The van der Waals surface area contributed by atoms with Gasteiger partial charge in [0.25, 0.3) is 0 Å². The van der Waals surface area contributed by atoms with Crippen LogP contribution in [0.2, 0.25) is 0 Å². The first-order chi connectivity index (χ1) is 13.3. The molecule has 3 rings (SSSR count). The summed E-state index contributed by atoms with van der Waals surface area (Å²) in [6, 6.07) is 14.0. The average molecular weight is 380 g/mol. The summed E-state index contributed by atoms with van der Waals surface area (Å²) in [5.41, 5.74) is 6.04. The molecule has 1 N–H and O–H groups in total. The largest absolute Gasteiger partial charge is 0.497 e. The van der Waals surface area contributed by atoms with Gasteiger partial charge in [-0.1, -0.05) is 45.0 Å². The quantitative estimate of drug-likeness (QED) is 0.602. The molecular weight excluding hydrogens is 352 g/mol. The monoisotopic (exact) mass is 380 g/mol. The van der Waals surface area contributed by atoms with Crippen molar-refractivity contribution >= 4 is 12.1 Å². The number of carbonyl (C=O) groups excluding carboxylic acids is 1. The third-order valence-corrected chi connectivity index (χ3v) is 5.15. The van der Waals surface area contributed by atoms with Crippen LogP contribution in [0.5, 0.6) is 11.5 Å².